The molecule has 2 aromatic rings. The van der Waals surface area contributed by atoms with Gasteiger partial charge in [-0.3, -0.25) is 0 Å². The van der Waals surface area contributed by atoms with Gasteiger partial charge >= 0.3 is 0 Å². The number of imidazole rings is 1. The average Bonchev–Trinajstić information content (AvgIpc) is 2.95. The van der Waals surface area contributed by atoms with Crippen LogP contribution < -0.4 is 5.32 Å². The van der Waals surface area contributed by atoms with Crippen molar-refractivity contribution in [1.82, 2.24) is 14.9 Å². The summed E-state index contributed by atoms with van der Waals surface area (Å²) in [6.07, 6.45) is 9.07. The fourth-order valence-electron chi connectivity index (χ4n) is 4.02. The van der Waals surface area contributed by atoms with E-state index in [2.05, 4.69) is 52.3 Å². The number of nitrogens with zero attached hydrogens (tertiary/aromatic N) is 2. The molecular formula is C19H25N3. The molecule has 1 N–H and O–H groups in total. The highest BCUT2D eigenvalue weighted by molar-refractivity contribution is 5.31. The van der Waals surface area contributed by atoms with Gasteiger partial charge in [0.15, 0.2) is 0 Å². The van der Waals surface area contributed by atoms with Crippen molar-refractivity contribution in [1.29, 1.82) is 0 Å². The maximum atomic E-state index is 4.41. The Labute approximate surface area is 132 Å². The summed E-state index contributed by atoms with van der Waals surface area (Å²) in [7, 11) is 0. The highest BCUT2D eigenvalue weighted by Gasteiger charge is 2.31. The molecule has 116 valence electrons. The van der Waals surface area contributed by atoms with Crippen molar-refractivity contribution < 1.29 is 0 Å². The van der Waals surface area contributed by atoms with E-state index in [0.29, 0.717) is 6.04 Å². The number of hydrogen-bond acceptors (Lipinski definition) is 2. The van der Waals surface area contributed by atoms with Crippen molar-refractivity contribution in [3.63, 3.8) is 0 Å². The Kier molecular flexibility index (Phi) is 3.75. The molecule has 22 heavy (non-hydrogen) atoms. The zero-order valence-corrected chi connectivity index (χ0v) is 13.3. The van der Waals surface area contributed by atoms with Gasteiger partial charge < -0.3 is 9.88 Å². The van der Waals surface area contributed by atoms with E-state index in [-0.39, 0.29) is 0 Å². The van der Waals surface area contributed by atoms with Gasteiger partial charge in [-0.15, -0.1) is 0 Å². The number of fused-ring (bicyclic) bond motifs is 1. The first-order valence-electron chi connectivity index (χ1n) is 8.58. The number of benzene rings is 1. The van der Waals surface area contributed by atoms with Crippen LogP contribution in [0.1, 0.15) is 42.1 Å². The maximum Gasteiger partial charge on any atom is 0.108 e. The van der Waals surface area contributed by atoms with Crippen molar-refractivity contribution in [3.8, 4) is 0 Å². The van der Waals surface area contributed by atoms with Crippen LogP contribution in [0, 0.1) is 12.8 Å². The molecule has 0 radical (unpaired) electrons. The topological polar surface area (TPSA) is 29.9 Å². The van der Waals surface area contributed by atoms with Crippen molar-refractivity contribution in [2.24, 2.45) is 5.92 Å². The molecule has 1 unspecified atom stereocenters. The van der Waals surface area contributed by atoms with Crippen LogP contribution in [0.15, 0.2) is 36.7 Å². The third-order valence-corrected chi connectivity index (χ3v) is 5.49. The standard InChI is InChI=1S/C19H25N3/c1-14-4-2-3-5-18(14)16-10-17(11-16)21-12-15-6-7-19-20-8-9-22(19)13-15/h2-5,8-9,15-17,21H,6-7,10-13H2,1H3. The molecule has 1 saturated carbocycles. The molecule has 1 aliphatic heterocycles. The molecule has 1 aliphatic carbocycles. The van der Waals surface area contributed by atoms with Crippen LogP contribution in [0.25, 0.3) is 0 Å². The van der Waals surface area contributed by atoms with E-state index in [1.807, 2.05) is 6.20 Å². The lowest BCUT2D eigenvalue weighted by Gasteiger charge is -2.38. The monoisotopic (exact) mass is 295 g/mol. The van der Waals surface area contributed by atoms with Gasteiger partial charge in [-0.2, -0.15) is 0 Å². The molecule has 0 saturated heterocycles. The van der Waals surface area contributed by atoms with Crippen molar-refractivity contribution >= 4 is 0 Å². The van der Waals surface area contributed by atoms with Gasteiger partial charge in [-0.25, -0.2) is 4.98 Å². The summed E-state index contributed by atoms with van der Waals surface area (Å²) in [6, 6.07) is 9.57. The number of rotatable bonds is 4. The lowest BCUT2D eigenvalue weighted by Crippen LogP contribution is -2.43. The van der Waals surface area contributed by atoms with E-state index >= 15 is 0 Å². The summed E-state index contributed by atoms with van der Waals surface area (Å²) in [6.45, 7) is 4.53. The van der Waals surface area contributed by atoms with Crippen LogP contribution in [0.3, 0.4) is 0 Å². The molecule has 2 heterocycles. The number of hydrogen-bond donors (Lipinski definition) is 1. The van der Waals surface area contributed by atoms with Gasteiger partial charge in [0.1, 0.15) is 5.82 Å². The number of aryl methyl sites for hydroxylation is 2. The van der Waals surface area contributed by atoms with Gasteiger partial charge in [0.25, 0.3) is 0 Å². The molecule has 1 aromatic heterocycles. The minimum Gasteiger partial charge on any atom is -0.335 e. The lowest BCUT2D eigenvalue weighted by atomic mass is 9.74. The van der Waals surface area contributed by atoms with Crippen molar-refractivity contribution in [2.75, 3.05) is 6.54 Å². The summed E-state index contributed by atoms with van der Waals surface area (Å²) in [4.78, 5) is 4.41. The largest absolute Gasteiger partial charge is 0.335 e. The Hall–Kier alpha value is -1.61. The second kappa shape index (κ2) is 5.88. The number of aromatic nitrogens is 2. The SMILES string of the molecule is Cc1ccccc1C1CC(NCC2CCc3nccn3C2)C1. The predicted octanol–water partition coefficient (Wildman–Crippen LogP) is 3.29. The predicted molar refractivity (Wildman–Crippen MR) is 89.0 cm³/mol. The second-order valence-corrected chi connectivity index (χ2v) is 7.03. The molecule has 1 fully saturated rings. The minimum atomic E-state index is 0.716. The highest BCUT2D eigenvalue weighted by atomic mass is 15.1. The zero-order chi connectivity index (χ0) is 14.9. The summed E-state index contributed by atoms with van der Waals surface area (Å²) >= 11 is 0. The van der Waals surface area contributed by atoms with E-state index in [4.69, 9.17) is 0 Å². The highest BCUT2D eigenvalue weighted by Crippen LogP contribution is 2.38. The molecule has 3 heteroatoms. The Morgan fingerprint density at radius 3 is 3.00 bits per heavy atom. The first-order chi connectivity index (χ1) is 10.8. The summed E-state index contributed by atoms with van der Waals surface area (Å²) in [5, 5.41) is 3.80. The molecule has 2 aliphatic rings. The summed E-state index contributed by atoms with van der Waals surface area (Å²) in [5.41, 5.74) is 3.01. The first-order valence-corrected chi connectivity index (χ1v) is 8.58. The Morgan fingerprint density at radius 2 is 2.14 bits per heavy atom. The smallest absolute Gasteiger partial charge is 0.108 e. The molecule has 0 spiro atoms. The van der Waals surface area contributed by atoms with Gasteiger partial charge in [0, 0.05) is 31.4 Å². The van der Waals surface area contributed by atoms with Gasteiger partial charge in [-0.1, -0.05) is 24.3 Å². The molecule has 4 rings (SSSR count). The van der Waals surface area contributed by atoms with E-state index in [1.165, 1.54) is 30.7 Å². The summed E-state index contributed by atoms with van der Waals surface area (Å²) < 4.78 is 2.33. The fourth-order valence-corrected chi connectivity index (χ4v) is 4.02. The molecule has 3 nitrogen and oxygen atoms in total. The Bertz CT molecular complexity index is 640. The van der Waals surface area contributed by atoms with Crippen LogP contribution in [0.5, 0.6) is 0 Å². The van der Waals surface area contributed by atoms with E-state index in [9.17, 15) is 0 Å². The zero-order valence-electron chi connectivity index (χ0n) is 13.3. The van der Waals surface area contributed by atoms with Gasteiger partial charge in [-0.05, 0) is 55.7 Å². The Morgan fingerprint density at radius 1 is 1.27 bits per heavy atom. The Balaban J connectivity index is 1.25. The minimum absolute atomic E-state index is 0.716. The third-order valence-electron chi connectivity index (χ3n) is 5.49. The van der Waals surface area contributed by atoms with Crippen LogP contribution in [-0.2, 0) is 13.0 Å². The molecule has 1 aromatic carbocycles. The van der Waals surface area contributed by atoms with Gasteiger partial charge in [0.05, 0.1) is 0 Å². The van der Waals surface area contributed by atoms with Gasteiger partial charge in [0.2, 0.25) is 0 Å². The fraction of sp³-hybridized carbons (Fsp3) is 0.526. The van der Waals surface area contributed by atoms with E-state index in [0.717, 1.165) is 31.3 Å². The van der Waals surface area contributed by atoms with Crippen LogP contribution in [0.4, 0.5) is 0 Å². The van der Waals surface area contributed by atoms with Crippen molar-refractivity contribution in [3.05, 3.63) is 53.6 Å². The second-order valence-electron chi connectivity index (χ2n) is 7.03. The molecule has 0 amide bonds. The molecular weight excluding hydrogens is 270 g/mol. The number of nitrogens with one attached hydrogen (secondary N) is 1. The normalized spacial score (nSPS) is 27.2. The van der Waals surface area contributed by atoms with Crippen LogP contribution >= 0.6 is 0 Å². The van der Waals surface area contributed by atoms with Crippen LogP contribution in [0.2, 0.25) is 0 Å². The maximum absolute atomic E-state index is 4.41. The van der Waals surface area contributed by atoms with E-state index in [1.54, 1.807) is 5.56 Å². The molecule has 1 atom stereocenters. The van der Waals surface area contributed by atoms with Crippen LogP contribution in [-0.4, -0.2) is 22.1 Å². The van der Waals surface area contributed by atoms with Crippen molar-refractivity contribution in [2.45, 2.75) is 51.1 Å². The first kappa shape index (κ1) is 14.0. The van der Waals surface area contributed by atoms with E-state index < -0.39 is 0 Å². The average molecular weight is 295 g/mol. The quantitative estimate of drug-likeness (QED) is 0.938. The lowest BCUT2D eigenvalue weighted by molar-refractivity contribution is 0.256. The summed E-state index contributed by atoms with van der Waals surface area (Å²) in [5.74, 6) is 2.80. The molecule has 0 bridgehead atoms. The third kappa shape index (κ3) is 2.70.